The van der Waals surface area contributed by atoms with E-state index in [4.69, 9.17) is 4.74 Å². The van der Waals surface area contributed by atoms with Crippen molar-refractivity contribution in [3.63, 3.8) is 0 Å². The molecule has 0 saturated carbocycles. The summed E-state index contributed by atoms with van der Waals surface area (Å²) >= 11 is 0. The second-order valence-electron chi connectivity index (χ2n) is 6.28. The van der Waals surface area contributed by atoms with Crippen LogP contribution in [0.3, 0.4) is 0 Å². The SMILES string of the molecule is Cn1c(CC(F)(F)F)nnc1N1CCCC2(CCCCO2)C1. The predicted octanol–water partition coefficient (Wildman–Crippen LogP) is 2.46. The number of rotatable bonds is 2. The summed E-state index contributed by atoms with van der Waals surface area (Å²) in [6, 6.07) is 0. The second-order valence-corrected chi connectivity index (χ2v) is 6.28. The molecular formula is C14H21F3N4O. The highest BCUT2D eigenvalue weighted by Gasteiger charge is 2.39. The third-order valence-corrected chi connectivity index (χ3v) is 4.56. The first-order valence-corrected chi connectivity index (χ1v) is 7.73. The first-order valence-electron chi connectivity index (χ1n) is 7.73. The third-order valence-electron chi connectivity index (χ3n) is 4.56. The van der Waals surface area contributed by atoms with Crippen LogP contribution >= 0.6 is 0 Å². The van der Waals surface area contributed by atoms with Crippen LogP contribution in [-0.4, -0.2) is 46.2 Å². The van der Waals surface area contributed by atoms with E-state index < -0.39 is 12.6 Å². The van der Waals surface area contributed by atoms with E-state index in [0.29, 0.717) is 12.5 Å². The van der Waals surface area contributed by atoms with Gasteiger partial charge in [-0.05, 0) is 32.1 Å². The number of aromatic nitrogens is 3. The maximum atomic E-state index is 12.5. The summed E-state index contributed by atoms with van der Waals surface area (Å²) in [6.07, 6.45) is -0.109. The van der Waals surface area contributed by atoms with Crippen LogP contribution in [0.15, 0.2) is 0 Å². The quantitative estimate of drug-likeness (QED) is 0.840. The zero-order valence-electron chi connectivity index (χ0n) is 12.7. The van der Waals surface area contributed by atoms with Crippen molar-refractivity contribution in [1.29, 1.82) is 0 Å². The maximum Gasteiger partial charge on any atom is 0.396 e. The first-order chi connectivity index (χ1) is 10.4. The molecule has 1 aromatic rings. The summed E-state index contributed by atoms with van der Waals surface area (Å²) in [6.45, 7) is 2.24. The molecule has 0 aromatic carbocycles. The molecule has 2 saturated heterocycles. The predicted molar refractivity (Wildman–Crippen MR) is 74.7 cm³/mol. The van der Waals surface area contributed by atoms with Crippen molar-refractivity contribution < 1.29 is 17.9 Å². The van der Waals surface area contributed by atoms with Gasteiger partial charge in [-0.3, -0.25) is 0 Å². The number of nitrogens with zero attached hydrogens (tertiary/aromatic N) is 4. The average molecular weight is 318 g/mol. The molecule has 0 amide bonds. The summed E-state index contributed by atoms with van der Waals surface area (Å²) in [5, 5.41) is 7.71. The summed E-state index contributed by atoms with van der Waals surface area (Å²) in [7, 11) is 1.60. The number of halogens is 3. The third kappa shape index (κ3) is 3.21. The topological polar surface area (TPSA) is 43.2 Å². The molecule has 1 aromatic heterocycles. The van der Waals surface area contributed by atoms with E-state index in [1.54, 1.807) is 7.05 Å². The molecule has 0 radical (unpaired) electrons. The minimum atomic E-state index is -4.27. The van der Waals surface area contributed by atoms with Crippen molar-refractivity contribution >= 4 is 5.95 Å². The van der Waals surface area contributed by atoms with Gasteiger partial charge in [0.2, 0.25) is 5.95 Å². The summed E-state index contributed by atoms with van der Waals surface area (Å²) in [5.41, 5.74) is -0.160. The zero-order chi connectivity index (χ0) is 15.8. The molecule has 2 fully saturated rings. The van der Waals surface area contributed by atoms with E-state index >= 15 is 0 Å². The standard InChI is InChI=1S/C14H21F3N4O/c1-20-11(9-14(15,16)17)18-19-12(20)21-7-4-6-13(10-21)5-2-3-8-22-13/h2-10H2,1H3. The number of hydrogen-bond acceptors (Lipinski definition) is 4. The smallest absolute Gasteiger partial charge is 0.373 e. The zero-order valence-corrected chi connectivity index (χ0v) is 12.7. The van der Waals surface area contributed by atoms with Crippen molar-refractivity contribution in [2.75, 3.05) is 24.6 Å². The number of alkyl halides is 3. The normalized spacial score (nSPS) is 26.6. The molecule has 8 heteroatoms. The van der Waals surface area contributed by atoms with Gasteiger partial charge in [-0.25, -0.2) is 0 Å². The van der Waals surface area contributed by atoms with Crippen molar-refractivity contribution in [3.8, 4) is 0 Å². The highest BCUT2D eigenvalue weighted by Crippen LogP contribution is 2.35. The molecule has 2 aliphatic heterocycles. The minimum Gasteiger partial charge on any atom is -0.373 e. The van der Waals surface area contributed by atoms with Crippen LogP contribution < -0.4 is 4.90 Å². The molecule has 0 bridgehead atoms. The van der Waals surface area contributed by atoms with Gasteiger partial charge in [0.1, 0.15) is 12.2 Å². The van der Waals surface area contributed by atoms with Crippen LogP contribution in [0.5, 0.6) is 0 Å². The lowest BCUT2D eigenvalue weighted by Gasteiger charge is -2.45. The first kappa shape index (κ1) is 15.6. The van der Waals surface area contributed by atoms with Crippen LogP contribution in [-0.2, 0) is 18.2 Å². The van der Waals surface area contributed by atoms with Crippen molar-refractivity contribution in [1.82, 2.24) is 14.8 Å². The molecule has 1 unspecified atom stereocenters. The Morgan fingerprint density at radius 3 is 2.64 bits per heavy atom. The molecule has 0 N–H and O–H groups in total. The van der Waals surface area contributed by atoms with Crippen LogP contribution in [0.2, 0.25) is 0 Å². The molecule has 124 valence electrons. The van der Waals surface area contributed by atoms with Gasteiger partial charge < -0.3 is 14.2 Å². The molecule has 3 rings (SSSR count). The highest BCUT2D eigenvalue weighted by atomic mass is 19.4. The molecule has 1 atom stereocenters. The van der Waals surface area contributed by atoms with Crippen LogP contribution in [0.25, 0.3) is 0 Å². The number of piperidine rings is 1. The van der Waals surface area contributed by atoms with Gasteiger partial charge in [0, 0.05) is 26.7 Å². The second kappa shape index (κ2) is 5.72. The molecule has 2 aliphatic rings. The van der Waals surface area contributed by atoms with E-state index in [9.17, 15) is 13.2 Å². The van der Waals surface area contributed by atoms with Crippen LogP contribution in [0.1, 0.15) is 37.9 Å². The van der Waals surface area contributed by atoms with E-state index in [1.165, 1.54) is 4.57 Å². The lowest BCUT2D eigenvalue weighted by atomic mass is 9.86. The van der Waals surface area contributed by atoms with Crippen molar-refractivity contribution in [3.05, 3.63) is 5.82 Å². The van der Waals surface area contributed by atoms with Gasteiger partial charge in [-0.1, -0.05) is 0 Å². The Morgan fingerprint density at radius 2 is 1.95 bits per heavy atom. The summed E-state index contributed by atoms with van der Waals surface area (Å²) in [5.74, 6) is 0.458. The monoisotopic (exact) mass is 318 g/mol. The van der Waals surface area contributed by atoms with Crippen molar-refractivity contribution in [2.24, 2.45) is 7.05 Å². The Bertz CT molecular complexity index is 517. The van der Waals surface area contributed by atoms with Gasteiger partial charge in [0.05, 0.1) is 5.60 Å². The summed E-state index contributed by atoms with van der Waals surface area (Å²) < 4.78 is 45.1. The van der Waals surface area contributed by atoms with Gasteiger partial charge in [-0.2, -0.15) is 13.2 Å². The van der Waals surface area contributed by atoms with Gasteiger partial charge in [0.25, 0.3) is 0 Å². The van der Waals surface area contributed by atoms with Crippen molar-refractivity contribution in [2.45, 2.75) is 50.3 Å². The average Bonchev–Trinajstić information content (AvgIpc) is 2.79. The van der Waals surface area contributed by atoms with E-state index in [0.717, 1.165) is 45.3 Å². The Morgan fingerprint density at radius 1 is 1.18 bits per heavy atom. The Hall–Kier alpha value is -1.31. The summed E-state index contributed by atoms with van der Waals surface area (Å²) in [4.78, 5) is 2.02. The van der Waals surface area contributed by atoms with E-state index in [-0.39, 0.29) is 11.4 Å². The fourth-order valence-corrected chi connectivity index (χ4v) is 3.46. The molecule has 3 heterocycles. The highest BCUT2D eigenvalue weighted by molar-refractivity contribution is 5.33. The molecule has 5 nitrogen and oxygen atoms in total. The fourth-order valence-electron chi connectivity index (χ4n) is 3.46. The molecule has 0 aliphatic carbocycles. The van der Waals surface area contributed by atoms with Gasteiger partial charge in [-0.15, -0.1) is 10.2 Å². The van der Waals surface area contributed by atoms with Gasteiger partial charge in [0.15, 0.2) is 0 Å². The fraction of sp³-hybridized carbons (Fsp3) is 0.857. The number of anilines is 1. The largest absolute Gasteiger partial charge is 0.396 e. The Labute approximate surface area is 127 Å². The Kier molecular flexibility index (Phi) is 4.05. The van der Waals surface area contributed by atoms with Gasteiger partial charge >= 0.3 is 6.18 Å². The molecule has 22 heavy (non-hydrogen) atoms. The lowest BCUT2D eigenvalue weighted by molar-refractivity contribution is -0.128. The maximum absolute atomic E-state index is 12.5. The van der Waals surface area contributed by atoms with Crippen LogP contribution in [0.4, 0.5) is 19.1 Å². The Balaban J connectivity index is 1.76. The molecule has 1 spiro atoms. The van der Waals surface area contributed by atoms with E-state index in [1.807, 2.05) is 4.90 Å². The minimum absolute atomic E-state index is 0.0494. The lowest BCUT2D eigenvalue weighted by Crippen LogP contribution is -2.52. The van der Waals surface area contributed by atoms with Crippen LogP contribution in [0, 0.1) is 0 Å². The number of ether oxygens (including phenoxy) is 1. The molecular weight excluding hydrogens is 297 g/mol. The number of hydrogen-bond donors (Lipinski definition) is 0. The van der Waals surface area contributed by atoms with E-state index in [2.05, 4.69) is 10.2 Å².